The van der Waals surface area contributed by atoms with Crippen LogP contribution in [-0.4, -0.2) is 54.0 Å². The first-order valence-corrected chi connectivity index (χ1v) is 8.58. The molecule has 1 aromatic heterocycles. The van der Waals surface area contributed by atoms with E-state index in [-0.39, 0.29) is 0 Å². The van der Waals surface area contributed by atoms with Crippen molar-refractivity contribution in [2.45, 2.75) is 38.8 Å². The summed E-state index contributed by atoms with van der Waals surface area (Å²) in [6.07, 6.45) is 4.98. The molecule has 3 rings (SSSR count). The van der Waals surface area contributed by atoms with Crippen LogP contribution in [-0.2, 0) is 11.3 Å². The van der Waals surface area contributed by atoms with E-state index in [2.05, 4.69) is 23.0 Å². The summed E-state index contributed by atoms with van der Waals surface area (Å²) >= 11 is 0. The lowest BCUT2D eigenvalue weighted by Crippen LogP contribution is -2.39. The summed E-state index contributed by atoms with van der Waals surface area (Å²) in [6.45, 7) is 4.43. The third-order valence-corrected chi connectivity index (χ3v) is 5.33. The van der Waals surface area contributed by atoms with E-state index in [9.17, 15) is 4.79 Å². The number of rotatable bonds is 5. The van der Waals surface area contributed by atoms with Gasteiger partial charge in [-0.05, 0) is 44.2 Å². The van der Waals surface area contributed by atoms with Gasteiger partial charge in [0.2, 0.25) is 11.8 Å². The molecule has 1 saturated heterocycles. The molecule has 1 aliphatic carbocycles. The van der Waals surface area contributed by atoms with Crippen LogP contribution in [0.25, 0.3) is 0 Å². The maximum atomic E-state index is 11.9. The molecular formula is C18H27N3O2. The highest BCUT2D eigenvalue weighted by molar-refractivity contribution is 5.77. The van der Waals surface area contributed by atoms with E-state index in [1.54, 1.807) is 0 Å². The molecule has 2 heterocycles. The standard InChI is InChI=1S/C18H27N3O2/c1-4-23-17-6-5-13(10-19-17)11-20(2)16-7-14-9-18(22)21(3)12-15(14)8-16/h5-6,10,14-16H,4,7-9,11-12H2,1-3H3/t14-,15+,16-/m1/s1. The molecular weight excluding hydrogens is 290 g/mol. The monoisotopic (exact) mass is 317 g/mol. The Labute approximate surface area is 138 Å². The average molecular weight is 317 g/mol. The lowest BCUT2D eigenvalue weighted by atomic mass is 9.88. The Balaban J connectivity index is 1.56. The fourth-order valence-corrected chi connectivity index (χ4v) is 4.00. The molecule has 23 heavy (non-hydrogen) atoms. The van der Waals surface area contributed by atoms with E-state index >= 15 is 0 Å². The minimum absolute atomic E-state index is 0.310. The number of fused-ring (bicyclic) bond motifs is 1. The van der Waals surface area contributed by atoms with Crippen LogP contribution in [0.2, 0.25) is 0 Å². The second-order valence-electron chi connectivity index (χ2n) is 6.98. The molecule has 0 spiro atoms. The smallest absolute Gasteiger partial charge is 0.222 e. The van der Waals surface area contributed by atoms with Gasteiger partial charge in [-0.1, -0.05) is 6.07 Å². The zero-order valence-corrected chi connectivity index (χ0v) is 14.4. The van der Waals surface area contributed by atoms with Gasteiger partial charge in [-0.15, -0.1) is 0 Å². The molecule has 3 atom stereocenters. The van der Waals surface area contributed by atoms with Crippen molar-refractivity contribution >= 4 is 5.91 Å². The summed E-state index contributed by atoms with van der Waals surface area (Å²) in [7, 11) is 4.12. The molecule has 1 aliphatic heterocycles. The third-order valence-electron chi connectivity index (χ3n) is 5.33. The van der Waals surface area contributed by atoms with Gasteiger partial charge in [-0.2, -0.15) is 0 Å². The summed E-state index contributed by atoms with van der Waals surface area (Å²) < 4.78 is 5.39. The SMILES string of the molecule is CCOc1ccc(CN(C)[C@@H]2C[C@@H]3CC(=O)N(C)C[C@@H]3C2)cn1. The van der Waals surface area contributed by atoms with E-state index in [1.807, 2.05) is 31.1 Å². The van der Waals surface area contributed by atoms with Gasteiger partial charge in [-0.25, -0.2) is 4.98 Å². The zero-order valence-electron chi connectivity index (χ0n) is 14.4. The maximum Gasteiger partial charge on any atom is 0.222 e. The Hall–Kier alpha value is -1.62. The normalized spacial score (nSPS) is 27.4. The first-order valence-electron chi connectivity index (χ1n) is 8.58. The fourth-order valence-electron chi connectivity index (χ4n) is 4.00. The van der Waals surface area contributed by atoms with Crippen molar-refractivity contribution < 1.29 is 9.53 Å². The highest BCUT2D eigenvalue weighted by Crippen LogP contribution is 2.40. The quantitative estimate of drug-likeness (QED) is 0.835. The van der Waals surface area contributed by atoms with Crippen molar-refractivity contribution in [1.82, 2.24) is 14.8 Å². The predicted molar refractivity (Wildman–Crippen MR) is 89.1 cm³/mol. The number of likely N-dealkylation sites (tertiary alicyclic amines) is 1. The number of carbonyl (C=O) groups excluding carboxylic acids is 1. The molecule has 126 valence electrons. The van der Waals surface area contributed by atoms with Crippen LogP contribution in [0.1, 0.15) is 31.7 Å². The van der Waals surface area contributed by atoms with Crippen molar-refractivity contribution in [3.63, 3.8) is 0 Å². The lowest BCUT2D eigenvalue weighted by molar-refractivity contribution is -0.134. The number of ether oxygens (including phenoxy) is 1. The Morgan fingerprint density at radius 3 is 2.83 bits per heavy atom. The fraction of sp³-hybridized carbons (Fsp3) is 0.667. The van der Waals surface area contributed by atoms with E-state index in [0.29, 0.717) is 36.3 Å². The van der Waals surface area contributed by atoms with Gasteiger partial charge in [0, 0.05) is 44.9 Å². The Morgan fingerprint density at radius 2 is 2.13 bits per heavy atom. The van der Waals surface area contributed by atoms with Crippen LogP contribution < -0.4 is 4.74 Å². The van der Waals surface area contributed by atoms with Crippen LogP contribution in [0.3, 0.4) is 0 Å². The minimum atomic E-state index is 0.310. The minimum Gasteiger partial charge on any atom is -0.478 e. The van der Waals surface area contributed by atoms with Gasteiger partial charge < -0.3 is 9.64 Å². The molecule has 0 aromatic carbocycles. The molecule has 1 amide bonds. The molecule has 5 heteroatoms. The Morgan fingerprint density at radius 1 is 1.35 bits per heavy atom. The van der Waals surface area contributed by atoms with Crippen LogP contribution in [0.4, 0.5) is 0 Å². The number of amides is 1. The van der Waals surface area contributed by atoms with Gasteiger partial charge in [0.25, 0.3) is 0 Å². The van der Waals surface area contributed by atoms with E-state index in [1.165, 1.54) is 12.0 Å². The number of nitrogens with zero attached hydrogens (tertiary/aromatic N) is 3. The Bertz CT molecular complexity index is 546. The number of carbonyl (C=O) groups is 1. The number of hydrogen-bond acceptors (Lipinski definition) is 4. The molecule has 1 aromatic rings. The van der Waals surface area contributed by atoms with Gasteiger partial charge in [0.05, 0.1) is 6.61 Å². The number of hydrogen-bond donors (Lipinski definition) is 0. The molecule has 5 nitrogen and oxygen atoms in total. The molecule has 0 bridgehead atoms. The maximum absolute atomic E-state index is 11.9. The van der Waals surface area contributed by atoms with Gasteiger partial charge in [0.15, 0.2) is 0 Å². The van der Waals surface area contributed by atoms with Crippen molar-refractivity contribution in [2.24, 2.45) is 11.8 Å². The third kappa shape index (κ3) is 3.66. The second-order valence-corrected chi connectivity index (χ2v) is 6.98. The molecule has 2 fully saturated rings. The van der Waals surface area contributed by atoms with Crippen LogP contribution in [0.5, 0.6) is 5.88 Å². The summed E-state index contributed by atoms with van der Waals surface area (Å²) in [6, 6.07) is 4.60. The molecule has 0 radical (unpaired) electrons. The summed E-state index contributed by atoms with van der Waals surface area (Å²) in [5.74, 6) is 2.24. The first kappa shape index (κ1) is 16.2. The molecule has 2 aliphatic rings. The first-order chi connectivity index (χ1) is 11.1. The number of aromatic nitrogens is 1. The largest absolute Gasteiger partial charge is 0.478 e. The second kappa shape index (κ2) is 6.87. The summed E-state index contributed by atoms with van der Waals surface area (Å²) in [5, 5.41) is 0. The summed E-state index contributed by atoms with van der Waals surface area (Å²) in [4.78, 5) is 20.5. The van der Waals surface area contributed by atoms with Crippen LogP contribution in [0, 0.1) is 11.8 Å². The topological polar surface area (TPSA) is 45.7 Å². The van der Waals surface area contributed by atoms with E-state index < -0.39 is 0 Å². The predicted octanol–water partition coefficient (Wildman–Crippen LogP) is 2.17. The van der Waals surface area contributed by atoms with Crippen molar-refractivity contribution in [3.05, 3.63) is 23.9 Å². The lowest BCUT2D eigenvalue weighted by Gasteiger charge is -2.31. The van der Waals surface area contributed by atoms with Crippen LogP contribution in [0.15, 0.2) is 18.3 Å². The highest BCUT2D eigenvalue weighted by atomic mass is 16.5. The average Bonchev–Trinajstić information content (AvgIpc) is 2.93. The van der Waals surface area contributed by atoms with Gasteiger partial charge in [0.1, 0.15) is 0 Å². The van der Waals surface area contributed by atoms with Crippen molar-refractivity contribution in [3.8, 4) is 5.88 Å². The molecule has 1 saturated carbocycles. The van der Waals surface area contributed by atoms with Gasteiger partial charge in [-0.3, -0.25) is 9.69 Å². The summed E-state index contributed by atoms with van der Waals surface area (Å²) in [5.41, 5.74) is 1.21. The van der Waals surface area contributed by atoms with Crippen LogP contribution >= 0.6 is 0 Å². The molecule has 0 unspecified atom stereocenters. The number of pyridine rings is 1. The van der Waals surface area contributed by atoms with Crippen molar-refractivity contribution in [1.29, 1.82) is 0 Å². The van der Waals surface area contributed by atoms with E-state index in [4.69, 9.17) is 4.74 Å². The van der Waals surface area contributed by atoms with Gasteiger partial charge >= 0.3 is 0 Å². The highest BCUT2D eigenvalue weighted by Gasteiger charge is 2.41. The van der Waals surface area contributed by atoms with E-state index in [0.717, 1.165) is 25.9 Å². The number of piperidine rings is 1. The molecule has 0 N–H and O–H groups in total. The van der Waals surface area contributed by atoms with Crippen molar-refractivity contribution in [2.75, 3.05) is 27.2 Å². The Kier molecular flexibility index (Phi) is 4.85. The zero-order chi connectivity index (χ0) is 16.4.